The van der Waals surface area contributed by atoms with Crippen molar-refractivity contribution in [3.8, 4) is 0 Å². The van der Waals surface area contributed by atoms with Gasteiger partial charge in [-0.1, -0.05) is 38.5 Å². The zero-order chi connectivity index (χ0) is 18.3. The SMILES string of the molecule is O=C(O)CCCC(CCCCCCS)(CCCCCCS)C(=O)O. The van der Waals surface area contributed by atoms with E-state index in [-0.39, 0.29) is 6.42 Å². The fourth-order valence-electron chi connectivity index (χ4n) is 3.13. The highest BCUT2D eigenvalue weighted by Gasteiger charge is 2.36. The Bertz CT molecular complexity index is 334. The summed E-state index contributed by atoms with van der Waals surface area (Å²) in [6, 6.07) is 0. The van der Waals surface area contributed by atoms with E-state index in [1.165, 1.54) is 0 Å². The first-order valence-electron chi connectivity index (χ1n) is 9.15. The highest BCUT2D eigenvalue weighted by atomic mass is 32.1. The number of rotatable bonds is 17. The van der Waals surface area contributed by atoms with Crippen LogP contribution in [0, 0.1) is 5.41 Å². The molecule has 0 aromatic heterocycles. The van der Waals surface area contributed by atoms with E-state index >= 15 is 0 Å². The second-order valence-corrected chi connectivity index (χ2v) is 7.50. The molecule has 2 N–H and O–H groups in total. The molecular formula is C18H34O4S2. The molecule has 0 fully saturated rings. The third kappa shape index (κ3) is 11.2. The van der Waals surface area contributed by atoms with E-state index in [0.29, 0.717) is 25.7 Å². The molecule has 0 radical (unpaired) electrons. The number of aliphatic carboxylic acids is 2. The Morgan fingerprint density at radius 2 is 1.08 bits per heavy atom. The lowest BCUT2D eigenvalue weighted by molar-refractivity contribution is -0.151. The highest BCUT2D eigenvalue weighted by Crippen LogP contribution is 2.37. The Hall–Kier alpha value is -0.360. The topological polar surface area (TPSA) is 74.6 Å². The third-order valence-electron chi connectivity index (χ3n) is 4.63. The van der Waals surface area contributed by atoms with Crippen molar-refractivity contribution in [2.75, 3.05) is 11.5 Å². The molecule has 0 saturated heterocycles. The number of hydrogen-bond acceptors (Lipinski definition) is 4. The highest BCUT2D eigenvalue weighted by molar-refractivity contribution is 7.80. The molecule has 24 heavy (non-hydrogen) atoms. The van der Waals surface area contributed by atoms with Gasteiger partial charge in [-0.2, -0.15) is 25.3 Å². The first kappa shape index (κ1) is 23.6. The fourth-order valence-corrected chi connectivity index (χ4v) is 3.58. The maximum Gasteiger partial charge on any atom is 0.309 e. The lowest BCUT2D eigenvalue weighted by Crippen LogP contribution is -2.31. The number of carbonyl (C=O) groups is 2. The van der Waals surface area contributed by atoms with Gasteiger partial charge in [0.2, 0.25) is 0 Å². The summed E-state index contributed by atoms with van der Waals surface area (Å²) in [7, 11) is 0. The van der Waals surface area contributed by atoms with E-state index in [9.17, 15) is 14.7 Å². The zero-order valence-corrected chi connectivity index (χ0v) is 16.5. The predicted octanol–water partition coefficient (Wildman–Crippen LogP) is 5.07. The monoisotopic (exact) mass is 378 g/mol. The summed E-state index contributed by atoms with van der Waals surface area (Å²) in [5, 5.41) is 18.7. The van der Waals surface area contributed by atoms with Crippen molar-refractivity contribution in [2.45, 2.75) is 83.5 Å². The molecule has 0 aliphatic carbocycles. The fraction of sp³-hybridized carbons (Fsp3) is 0.889. The molecule has 0 saturated carbocycles. The van der Waals surface area contributed by atoms with E-state index in [1.54, 1.807) is 0 Å². The van der Waals surface area contributed by atoms with Crippen molar-refractivity contribution in [3.63, 3.8) is 0 Å². The Labute approximate surface area is 157 Å². The maximum atomic E-state index is 12.0. The average molecular weight is 379 g/mol. The van der Waals surface area contributed by atoms with Crippen molar-refractivity contribution in [2.24, 2.45) is 5.41 Å². The van der Waals surface area contributed by atoms with Gasteiger partial charge in [-0.3, -0.25) is 9.59 Å². The minimum absolute atomic E-state index is 0.0499. The second-order valence-electron chi connectivity index (χ2n) is 6.61. The second kappa shape index (κ2) is 14.9. The first-order chi connectivity index (χ1) is 11.5. The average Bonchev–Trinajstić information content (AvgIpc) is 2.53. The minimum atomic E-state index is -0.850. The predicted molar refractivity (Wildman–Crippen MR) is 105 cm³/mol. The van der Waals surface area contributed by atoms with Gasteiger partial charge in [-0.25, -0.2) is 0 Å². The van der Waals surface area contributed by atoms with Crippen LogP contribution in [0.5, 0.6) is 0 Å². The normalized spacial score (nSPS) is 11.6. The lowest BCUT2D eigenvalue weighted by Gasteiger charge is -2.30. The van der Waals surface area contributed by atoms with Crippen molar-refractivity contribution >= 4 is 37.2 Å². The molecule has 4 nitrogen and oxygen atoms in total. The zero-order valence-electron chi connectivity index (χ0n) is 14.7. The van der Waals surface area contributed by atoms with Crippen LogP contribution < -0.4 is 0 Å². The van der Waals surface area contributed by atoms with E-state index in [2.05, 4.69) is 25.3 Å². The Balaban J connectivity index is 4.57. The van der Waals surface area contributed by atoms with Gasteiger partial charge < -0.3 is 10.2 Å². The summed E-state index contributed by atoms with van der Waals surface area (Å²) in [6.07, 6.45) is 10.4. The summed E-state index contributed by atoms with van der Waals surface area (Å²) >= 11 is 8.39. The van der Waals surface area contributed by atoms with E-state index < -0.39 is 17.4 Å². The van der Waals surface area contributed by atoms with Gasteiger partial charge in [0.25, 0.3) is 0 Å². The molecule has 0 aliphatic rings. The van der Waals surface area contributed by atoms with Gasteiger partial charge in [0.1, 0.15) is 0 Å². The summed E-state index contributed by atoms with van der Waals surface area (Å²) in [5.74, 6) is 0.134. The molecule has 0 aliphatic heterocycles. The van der Waals surface area contributed by atoms with Gasteiger partial charge in [-0.05, 0) is 50.0 Å². The molecule has 0 heterocycles. The summed E-state index contributed by atoms with van der Waals surface area (Å²) in [5.41, 5.74) is -0.753. The van der Waals surface area contributed by atoms with E-state index in [4.69, 9.17) is 5.11 Å². The number of carboxylic acids is 2. The largest absolute Gasteiger partial charge is 0.481 e. The first-order valence-corrected chi connectivity index (χ1v) is 10.4. The summed E-state index contributed by atoms with van der Waals surface area (Å²) in [6.45, 7) is 0. The molecule has 0 bridgehead atoms. The van der Waals surface area contributed by atoms with Crippen LogP contribution in [-0.2, 0) is 9.59 Å². The third-order valence-corrected chi connectivity index (χ3v) is 5.26. The number of unbranched alkanes of at least 4 members (excludes halogenated alkanes) is 6. The molecule has 0 aromatic rings. The Morgan fingerprint density at radius 1 is 0.667 bits per heavy atom. The maximum absolute atomic E-state index is 12.0. The van der Waals surface area contributed by atoms with E-state index in [1.807, 2.05) is 0 Å². The van der Waals surface area contributed by atoms with Crippen LogP contribution in [-0.4, -0.2) is 33.7 Å². The standard InChI is InChI=1S/C18H34O4S2/c19-16(20)10-9-13-18(17(21)22,11-5-1-3-7-14-23)12-6-2-4-8-15-24/h23-24H,1-15H2,(H,19,20)(H,21,22). The van der Waals surface area contributed by atoms with Crippen LogP contribution in [0.15, 0.2) is 0 Å². The molecule has 0 aromatic carbocycles. The van der Waals surface area contributed by atoms with Gasteiger partial charge in [0.15, 0.2) is 0 Å². The van der Waals surface area contributed by atoms with Crippen LogP contribution in [0.1, 0.15) is 83.5 Å². The van der Waals surface area contributed by atoms with Crippen molar-refractivity contribution < 1.29 is 19.8 Å². The van der Waals surface area contributed by atoms with Gasteiger partial charge in [0, 0.05) is 6.42 Å². The molecule has 6 heteroatoms. The van der Waals surface area contributed by atoms with Gasteiger partial charge in [-0.15, -0.1) is 0 Å². The van der Waals surface area contributed by atoms with Crippen LogP contribution in [0.3, 0.4) is 0 Å². The molecule has 0 atom stereocenters. The molecular weight excluding hydrogens is 344 g/mol. The smallest absolute Gasteiger partial charge is 0.309 e. The van der Waals surface area contributed by atoms with Gasteiger partial charge >= 0.3 is 11.9 Å². The van der Waals surface area contributed by atoms with Crippen LogP contribution in [0.2, 0.25) is 0 Å². The lowest BCUT2D eigenvalue weighted by atomic mass is 9.74. The summed E-state index contributed by atoms with van der Waals surface area (Å²) < 4.78 is 0. The summed E-state index contributed by atoms with van der Waals surface area (Å²) in [4.78, 5) is 22.7. The quantitative estimate of drug-likeness (QED) is 0.210. The van der Waals surface area contributed by atoms with Crippen LogP contribution in [0.4, 0.5) is 0 Å². The molecule has 142 valence electrons. The van der Waals surface area contributed by atoms with Gasteiger partial charge in [0.05, 0.1) is 5.41 Å². The molecule has 0 amide bonds. The number of hydrogen-bond donors (Lipinski definition) is 4. The molecule has 0 unspecified atom stereocenters. The Kier molecular flexibility index (Phi) is 14.7. The number of carboxylic acid groups (broad SMARTS) is 2. The molecule has 0 rings (SSSR count). The van der Waals surface area contributed by atoms with E-state index in [0.717, 1.165) is 62.9 Å². The Morgan fingerprint density at radius 3 is 1.46 bits per heavy atom. The number of thiol groups is 2. The van der Waals surface area contributed by atoms with Crippen molar-refractivity contribution in [1.82, 2.24) is 0 Å². The molecule has 0 spiro atoms. The minimum Gasteiger partial charge on any atom is -0.481 e. The van der Waals surface area contributed by atoms with Crippen molar-refractivity contribution in [1.29, 1.82) is 0 Å². The van der Waals surface area contributed by atoms with Crippen LogP contribution >= 0.6 is 25.3 Å². The van der Waals surface area contributed by atoms with Crippen molar-refractivity contribution in [3.05, 3.63) is 0 Å². The van der Waals surface area contributed by atoms with Crippen LogP contribution in [0.25, 0.3) is 0 Å².